The van der Waals surface area contributed by atoms with E-state index in [1.807, 2.05) is 18.2 Å². The second-order valence-electron chi connectivity index (χ2n) is 9.81. The summed E-state index contributed by atoms with van der Waals surface area (Å²) in [4.78, 5) is 24.7. The SMILES string of the molecule is O=C(O)CN(Sc1ccc2c(c1)CCO2)c1ccc(N(CC(=O)O)S(=O)(=O)c2ccc3c(c2)CCO3)c2ccccc12. The third-order valence-corrected chi connectivity index (χ3v) is 9.87. The Balaban J connectivity index is 1.44. The fourth-order valence-electron chi connectivity index (χ4n) is 5.21. The average Bonchev–Trinajstić information content (AvgIpc) is 3.63. The highest BCUT2D eigenvalue weighted by Gasteiger charge is 2.31. The van der Waals surface area contributed by atoms with Gasteiger partial charge in [-0.3, -0.25) is 13.9 Å². The second-order valence-corrected chi connectivity index (χ2v) is 12.8. The molecule has 0 fully saturated rings. The van der Waals surface area contributed by atoms with Gasteiger partial charge in [-0.2, -0.15) is 0 Å². The molecule has 6 rings (SSSR count). The number of fused-ring (bicyclic) bond motifs is 3. The predicted octanol–water partition coefficient (Wildman–Crippen LogP) is 4.59. The number of benzene rings is 4. The maximum Gasteiger partial charge on any atom is 0.324 e. The fraction of sp³-hybridized carbons (Fsp3) is 0.200. The number of aliphatic carboxylic acids is 2. The first-order chi connectivity index (χ1) is 20.2. The van der Waals surface area contributed by atoms with Crippen LogP contribution in [-0.4, -0.2) is 56.9 Å². The van der Waals surface area contributed by atoms with Crippen molar-refractivity contribution in [3.05, 3.63) is 83.9 Å². The van der Waals surface area contributed by atoms with Crippen LogP contribution in [0.3, 0.4) is 0 Å². The van der Waals surface area contributed by atoms with Crippen LogP contribution in [0.15, 0.2) is 82.6 Å². The van der Waals surface area contributed by atoms with Gasteiger partial charge in [0.05, 0.1) is 29.5 Å². The molecule has 2 N–H and O–H groups in total. The molecular formula is C30H26N2O8S2. The van der Waals surface area contributed by atoms with Gasteiger partial charge >= 0.3 is 11.9 Å². The fourth-order valence-corrected chi connectivity index (χ4v) is 7.71. The van der Waals surface area contributed by atoms with Crippen LogP contribution in [0.2, 0.25) is 0 Å². The third kappa shape index (κ3) is 5.30. The van der Waals surface area contributed by atoms with Crippen molar-refractivity contribution in [1.82, 2.24) is 0 Å². The minimum atomic E-state index is -4.30. The van der Waals surface area contributed by atoms with E-state index in [2.05, 4.69) is 0 Å². The normalized spacial score (nSPS) is 13.6. The highest BCUT2D eigenvalue weighted by molar-refractivity contribution is 8.00. The summed E-state index contributed by atoms with van der Waals surface area (Å²) in [6, 6.07) is 20.3. The lowest BCUT2D eigenvalue weighted by Gasteiger charge is -2.27. The number of rotatable bonds is 10. The third-order valence-electron chi connectivity index (χ3n) is 7.10. The Hall–Kier alpha value is -4.42. The van der Waals surface area contributed by atoms with Gasteiger partial charge in [0.2, 0.25) is 0 Å². The Morgan fingerprint density at radius 2 is 1.36 bits per heavy atom. The molecule has 0 radical (unpaired) electrons. The molecule has 42 heavy (non-hydrogen) atoms. The van der Waals surface area contributed by atoms with E-state index in [-0.39, 0.29) is 17.1 Å². The van der Waals surface area contributed by atoms with Gasteiger partial charge in [0.15, 0.2) is 0 Å². The largest absolute Gasteiger partial charge is 0.493 e. The zero-order valence-electron chi connectivity index (χ0n) is 22.2. The summed E-state index contributed by atoms with van der Waals surface area (Å²) < 4.78 is 41.5. The molecule has 0 saturated heterocycles. The maximum absolute atomic E-state index is 13.9. The Bertz CT molecular complexity index is 1830. The van der Waals surface area contributed by atoms with Crippen molar-refractivity contribution < 1.29 is 37.7 Å². The van der Waals surface area contributed by atoms with Gasteiger partial charge in [-0.25, -0.2) is 8.42 Å². The minimum Gasteiger partial charge on any atom is -0.493 e. The molecule has 216 valence electrons. The summed E-state index contributed by atoms with van der Waals surface area (Å²) in [5.74, 6) is -0.939. The summed E-state index contributed by atoms with van der Waals surface area (Å²) in [5.41, 5.74) is 2.50. The highest BCUT2D eigenvalue weighted by Crippen LogP contribution is 2.41. The predicted molar refractivity (Wildman–Crippen MR) is 158 cm³/mol. The molecule has 0 saturated carbocycles. The maximum atomic E-state index is 13.9. The standard InChI is InChI=1S/C30H26N2O8S2/c33-29(34)17-31(41-21-5-9-27-19(15-21)11-13-39-27)25-7-8-26(24-4-2-1-3-23(24)25)32(18-30(35)36)42(37,38)22-6-10-28-20(16-22)12-14-40-28/h1-10,15-16H,11-14,17-18H2,(H,33,34)(H,35,36). The molecule has 0 aliphatic carbocycles. The Labute approximate surface area is 246 Å². The lowest BCUT2D eigenvalue weighted by atomic mass is 10.1. The summed E-state index contributed by atoms with van der Waals surface area (Å²) in [6.45, 7) is -0.0861. The summed E-state index contributed by atoms with van der Waals surface area (Å²) in [7, 11) is -4.30. The van der Waals surface area contributed by atoms with Crippen molar-refractivity contribution in [2.45, 2.75) is 22.6 Å². The molecule has 0 atom stereocenters. The van der Waals surface area contributed by atoms with Gasteiger partial charge in [0.1, 0.15) is 24.6 Å². The van der Waals surface area contributed by atoms with E-state index in [0.29, 0.717) is 41.8 Å². The molecule has 4 aromatic rings. The zero-order chi connectivity index (χ0) is 29.4. The number of carbonyl (C=O) groups is 2. The van der Waals surface area contributed by atoms with E-state index in [1.165, 1.54) is 30.1 Å². The molecular weight excluding hydrogens is 580 g/mol. The van der Waals surface area contributed by atoms with Crippen LogP contribution in [0.4, 0.5) is 11.4 Å². The molecule has 10 nitrogen and oxygen atoms in total. The number of carboxylic acids is 2. The lowest BCUT2D eigenvalue weighted by Crippen LogP contribution is -2.36. The highest BCUT2D eigenvalue weighted by atomic mass is 32.2. The molecule has 2 aliphatic rings. The zero-order valence-corrected chi connectivity index (χ0v) is 23.9. The van der Waals surface area contributed by atoms with Crippen LogP contribution in [0.5, 0.6) is 11.5 Å². The molecule has 4 aromatic carbocycles. The van der Waals surface area contributed by atoms with Gasteiger partial charge in [0, 0.05) is 28.5 Å². The molecule has 2 aliphatic heterocycles. The van der Waals surface area contributed by atoms with Gasteiger partial charge in [-0.05, 0) is 71.6 Å². The number of hydrogen-bond donors (Lipinski definition) is 2. The summed E-state index contributed by atoms with van der Waals surface area (Å²) in [5, 5.41) is 20.5. The van der Waals surface area contributed by atoms with Crippen LogP contribution in [-0.2, 0) is 32.5 Å². The summed E-state index contributed by atoms with van der Waals surface area (Å²) in [6.07, 6.45) is 1.33. The lowest BCUT2D eigenvalue weighted by molar-refractivity contribution is -0.136. The summed E-state index contributed by atoms with van der Waals surface area (Å²) >= 11 is 1.25. The van der Waals surface area contributed by atoms with Crippen molar-refractivity contribution in [2.24, 2.45) is 0 Å². The van der Waals surface area contributed by atoms with Crippen LogP contribution < -0.4 is 18.1 Å². The number of carboxylic acid groups (broad SMARTS) is 2. The molecule has 0 bridgehead atoms. The first-order valence-corrected chi connectivity index (χ1v) is 15.4. The van der Waals surface area contributed by atoms with Crippen molar-refractivity contribution in [3.8, 4) is 11.5 Å². The van der Waals surface area contributed by atoms with Crippen LogP contribution in [0.25, 0.3) is 10.8 Å². The molecule has 12 heteroatoms. The van der Waals surface area contributed by atoms with Crippen LogP contribution >= 0.6 is 11.9 Å². The van der Waals surface area contributed by atoms with E-state index in [1.54, 1.807) is 40.7 Å². The quantitative estimate of drug-likeness (QED) is 0.247. The Kier molecular flexibility index (Phi) is 7.33. The topological polar surface area (TPSA) is 134 Å². The number of hydrogen-bond acceptors (Lipinski definition) is 8. The van der Waals surface area contributed by atoms with E-state index in [9.17, 15) is 28.2 Å². The van der Waals surface area contributed by atoms with E-state index in [0.717, 1.165) is 32.5 Å². The van der Waals surface area contributed by atoms with Gasteiger partial charge in [-0.15, -0.1) is 0 Å². The molecule has 0 amide bonds. The average molecular weight is 607 g/mol. The Morgan fingerprint density at radius 1 is 0.762 bits per heavy atom. The van der Waals surface area contributed by atoms with Crippen LogP contribution in [0, 0.1) is 0 Å². The number of anilines is 2. The van der Waals surface area contributed by atoms with Crippen molar-refractivity contribution >= 4 is 56.1 Å². The van der Waals surface area contributed by atoms with Crippen molar-refractivity contribution in [1.29, 1.82) is 0 Å². The Morgan fingerprint density at radius 3 is 2.02 bits per heavy atom. The first kappa shape index (κ1) is 27.7. The van der Waals surface area contributed by atoms with E-state index in [4.69, 9.17) is 9.47 Å². The number of sulfonamides is 1. The minimum absolute atomic E-state index is 0.0372. The van der Waals surface area contributed by atoms with Crippen molar-refractivity contribution in [2.75, 3.05) is 34.9 Å². The molecule has 0 spiro atoms. The number of ether oxygens (including phenoxy) is 2. The van der Waals surface area contributed by atoms with Gasteiger partial charge < -0.3 is 24.0 Å². The molecule has 0 aromatic heterocycles. The van der Waals surface area contributed by atoms with E-state index < -0.39 is 28.5 Å². The molecule has 0 unspecified atom stereocenters. The van der Waals surface area contributed by atoms with E-state index >= 15 is 0 Å². The molecule has 2 heterocycles. The van der Waals surface area contributed by atoms with Crippen LogP contribution in [0.1, 0.15) is 11.1 Å². The van der Waals surface area contributed by atoms with Gasteiger partial charge in [0.25, 0.3) is 10.0 Å². The van der Waals surface area contributed by atoms with Crippen molar-refractivity contribution in [3.63, 3.8) is 0 Å². The number of nitrogens with zero attached hydrogens (tertiary/aromatic N) is 2. The van der Waals surface area contributed by atoms with Gasteiger partial charge in [-0.1, -0.05) is 24.3 Å². The second kappa shape index (κ2) is 11.1. The first-order valence-electron chi connectivity index (χ1n) is 13.2. The smallest absolute Gasteiger partial charge is 0.324 e. The monoisotopic (exact) mass is 606 g/mol.